The molecule has 4 rings (SSSR count). The van der Waals surface area contributed by atoms with Gasteiger partial charge in [-0.05, 0) is 38.5 Å². The Morgan fingerprint density at radius 2 is 1.96 bits per heavy atom. The van der Waals surface area contributed by atoms with Crippen molar-refractivity contribution in [3.05, 3.63) is 28.8 Å². The quantitative estimate of drug-likeness (QED) is 0.615. The summed E-state index contributed by atoms with van der Waals surface area (Å²) < 4.78 is 0. The molecular formula is C20H26ClN4O3+. The van der Waals surface area contributed by atoms with Gasteiger partial charge in [-0.25, -0.2) is 4.79 Å². The second-order valence-corrected chi connectivity index (χ2v) is 9.48. The first kappa shape index (κ1) is 19.2. The molecule has 3 atom stereocenters. The van der Waals surface area contributed by atoms with Crippen LogP contribution in [0.4, 0.5) is 10.5 Å². The lowest BCUT2D eigenvalue weighted by atomic mass is 9.67. The molecule has 2 saturated heterocycles. The lowest BCUT2D eigenvalue weighted by Gasteiger charge is -2.55. The number of fused-ring (bicyclic) bond motifs is 4. The number of hydrogen-bond acceptors (Lipinski definition) is 4. The number of urea groups is 1. The SMILES string of the molecule is C[NH+]1CCN2c3cccc(Cl)c3C[C@]3(C(=O)NC(=O)N(C(C)(C)C)C3=O)[C@H]2C1. The van der Waals surface area contributed by atoms with Crippen LogP contribution in [0.5, 0.6) is 0 Å². The monoisotopic (exact) mass is 405 g/mol. The molecule has 1 aromatic rings. The number of carbonyl (C=O) groups excluding carboxylic acids is 3. The number of rotatable bonds is 0. The van der Waals surface area contributed by atoms with Crippen molar-refractivity contribution in [3.63, 3.8) is 0 Å². The summed E-state index contributed by atoms with van der Waals surface area (Å²) in [6.07, 6.45) is 0.195. The van der Waals surface area contributed by atoms with Crippen molar-refractivity contribution in [3.8, 4) is 0 Å². The Labute approximate surface area is 169 Å². The van der Waals surface area contributed by atoms with Gasteiger partial charge in [0.25, 0.3) is 0 Å². The van der Waals surface area contributed by atoms with Gasteiger partial charge in [0.1, 0.15) is 6.04 Å². The van der Waals surface area contributed by atoms with Crippen molar-refractivity contribution in [2.24, 2.45) is 5.41 Å². The smallest absolute Gasteiger partial charge is 0.331 e. The molecule has 28 heavy (non-hydrogen) atoms. The van der Waals surface area contributed by atoms with Gasteiger partial charge < -0.3 is 9.80 Å². The van der Waals surface area contributed by atoms with Crippen LogP contribution in [0.3, 0.4) is 0 Å². The lowest BCUT2D eigenvalue weighted by Crippen LogP contribution is -3.14. The van der Waals surface area contributed by atoms with Crippen molar-refractivity contribution < 1.29 is 19.3 Å². The first-order valence-corrected chi connectivity index (χ1v) is 10.0. The number of anilines is 1. The topological polar surface area (TPSA) is 74.2 Å². The van der Waals surface area contributed by atoms with Crippen molar-refractivity contribution in [2.75, 3.05) is 31.6 Å². The minimum Gasteiger partial charge on any atom is -0.355 e. The molecule has 3 aliphatic heterocycles. The van der Waals surface area contributed by atoms with Crippen LogP contribution in [0.2, 0.25) is 5.02 Å². The number of carbonyl (C=O) groups is 3. The average Bonchev–Trinajstić information content (AvgIpc) is 2.59. The molecule has 4 amide bonds. The molecule has 1 spiro atoms. The normalized spacial score (nSPS) is 30.2. The highest BCUT2D eigenvalue weighted by molar-refractivity contribution is 6.32. The summed E-state index contributed by atoms with van der Waals surface area (Å²) in [4.78, 5) is 44.3. The molecule has 0 bridgehead atoms. The van der Waals surface area contributed by atoms with E-state index in [1.54, 1.807) is 26.8 Å². The van der Waals surface area contributed by atoms with E-state index < -0.39 is 28.8 Å². The maximum absolute atomic E-state index is 13.8. The highest BCUT2D eigenvalue weighted by Gasteiger charge is 2.65. The lowest BCUT2D eigenvalue weighted by molar-refractivity contribution is -0.883. The van der Waals surface area contributed by atoms with Crippen molar-refractivity contribution >= 4 is 35.1 Å². The van der Waals surface area contributed by atoms with E-state index in [0.29, 0.717) is 11.6 Å². The first-order chi connectivity index (χ1) is 13.1. The highest BCUT2D eigenvalue weighted by atomic mass is 35.5. The van der Waals surface area contributed by atoms with Gasteiger partial charge in [0, 0.05) is 22.7 Å². The number of piperazine rings is 1. The number of nitrogens with zero attached hydrogens (tertiary/aromatic N) is 2. The van der Waals surface area contributed by atoms with Crippen LogP contribution in [0.25, 0.3) is 0 Å². The van der Waals surface area contributed by atoms with E-state index in [9.17, 15) is 14.4 Å². The first-order valence-electron chi connectivity index (χ1n) is 9.63. The number of imide groups is 2. The Morgan fingerprint density at radius 1 is 1.25 bits per heavy atom. The third-order valence-corrected chi connectivity index (χ3v) is 6.56. The molecule has 0 radical (unpaired) electrons. The van der Waals surface area contributed by atoms with Crippen molar-refractivity contribution in [1.82, 2.24) is 10.2 Å². The van der Waals surface area contributed by atoms with E-state index in [1.165, 1.54) is 9.80 Å². The summed E-state index contributed by atoms with van der Waals surface area (Å²) in [7, 11) is 2.07. The molecule has 2 N–H and O–H groups in total. The largest absolute Gasteiger partial charge is 0.355 e. The fourth-order valence-corrected chi connectivity index (χ4v) is 5.07. The fourth-order valence-electron chi connectivity index (χ4n) is 4.84. The van der Waals surface area contributed by atoms with Crippen LogP contribution in [0, 0.1) is 5.41 Å². The number of likely N-dealkylation sites (N-methyl/N-ethyl adjacent to an activating group) is 1. The van der Waals surface area contributed by atoms with E-state index in [4.69, 9.17) is 11.6 Å². The molecule has 8 heteroatoms. The van der Waals surface area contributed by atoms with Gasteiger partial charge >= 0.3 is 6.03 Å². The molecular weight excluding hydrogens is 380 g/mol. The van der Waals surface area contributed by atoms with Crippen molar-refractivity contribution in [2.45, 2.75) is 38.8 Å². The summed E-state index contributed by atoms with van der Waals surface area (Å²) in [5.74, 6) is -0.942. The molecule has 3 heterocycles. The second kappa shape index (κ2) is 6.19. The predicted octanol–water partition coefficient (Wildman–Crippen LogP) is 0.463. The standard InChI is InChI=1S/C20H25ClN4O3/c1-19(2,3)25-17(27)20(16(26)22-18(25)28)10-12-13(21)6-5-7-14(12)24-9-8-23(4)11-15(20)24/h5-7,15H,8-11H2,1-4H3,(H,22,26,28)/p+1/t15-,20-/m1/s1. The van der Waals surface area contributed by atoms with Gasteiger partial charge in [0.2, 0.25) is 11.8 Å². The van der Waals surface area contributed by atoms with E-state index in [1.807, 2.05) is 12.1 Å². The number of halogens is 1. The summed E-state index contributed by atoms with van der Waals surface area (Å²) >= 11 is 6.50. The Balaban J connectivity index is 1.93. The van der Waals surface area contributed by atoms with E-state index in [2.05, 4.69) is 17.3 Å². The number of nitrogens with one attached hydrogen (secondary N) is 2. The van der Waals surface area contributed by atoms with Crippen LogP contribution in [-0.4, -0.2) is 61.0 Å². The number of benzene rings is 1. The van der Waals surface area contributed by atoms with Crippen LogP contribution in [0.15, 0.2) is 18.2 Å². The highest BCUT2D eigenvalue weighted by Crippen LogP contribution is 2.47. The molecule has 3 aliphatic rings. The van der Waals surface area contributed by atoms with Gasteiger partial charge in [0.05, 0.1) is 26.7 Å². The Hall–Kier alpha value is -2.12. The third-order valence-electron chi connectivity index (χ3n) is 6.21. The van der Waals surface area contributed by atoms with Crippen LogP contribution >= 0.6 is 11.6 Å². The molecule has 7 nitrogen and oxygen atoms in total. The van der Waals surface area contributed by atoms with Crippen LogP contribution < -0.4 is 15.1 Å². The van der Waals surface area contributed by atoms with Gasteiger partial charge in [-0.1, -0.05) is 17.7 Å². The third kappa shape index (κ3) is 2.56. The summed E-state index contributed by atoms with van der Waals surface area (Å²) in [5, 5.41) is 3.02. The predicted molar refractivity (Wildman–Crippen MR) is 105 cm³/mol. The number of barbiturate groups is 1. The summed E-state index contributed by atoms with van der Waals surface area (Å²) in [5.41, 5.74) is -0.337. The molecule has 0 saturated carbocycles. The number of quaternary nitrogens is 1. The minimum absolute atomic E-state index is 0.195. The van der Waals surface area contributed by atoms with Gasteiger partial charge in [-0.15, -0.1) is 0 Å². The average molecular weight is 406 g/mol. The van der Waals surface area contributed by atoms with Gasteiger partial charge in [-0.3, -0.25) is 19.8 Å². The molecule has 0 aliphatic carbocycles. The maximum atomic E-state index is 13.8. The maximum Gasteiger partial charge on any atom is 0.331 e. The van der Waals surface area contributed by atoms with E-state index >= 15 is 0 Å². The molecule has 1 aromatic carbocycles. The van der Waals surface area contributed by atoms with Gasteiger partial charge in [-0.2, -0.15) is 0 Å². The Bertz CT molecular complexity index is 881. The molecule has 0 aromatic heterocycles. The summed E-state index contributed by atoms with van der Waals surface area (Å²) in [6, 6.07) is 4.70. The molecule has 150 valence electrons. The zero-order valence-corrected chi connectivity index (χ0v) is 17.4. The second-order valence-electron chi connectivity index (χ2n) is 9.08. The van der Waals surface area contributed by atoms with Gasteiger partial charge in [0.15, 0.2) is 5.41 Å². The Kier molecular flexibility index (Phi) is 4.25. The van der Waals surface area contributed by atoms with Crippen molar-refractivity contribution in [1.29, 1.82) is 0 Å². The zero-order chi connectivity index (χ0) is 20.4. The minimum atomic E-state index is -1.37. The number of amides is 4. The van der Waals surface area contributed by atoms with Crippen LogP contribution in [-0.2, 0) is 16.0 Å². The zero-order valence-electron chi connectivity index (χ0n) is 16.6. The van der Waals surface area contributed by atoms with E-state index in [-0.39, 0.29) is 12.5 Å². The fraction of sp³-hybridized carbons (Fsp3) is 0.550. The molecule has 2 fully saturated rings. The van der Waals surface area contributed by atoms with Crippen LogP contribution in [0.1, 0.15) is 26.3 Å². The molecule has 1 unspecified atom stereocenters. The van der Waals surface area contributed by atoms with E-state index in [0.717, 1.165) is 24.3 Å². The summed E-state index contributed by atoms with van der Waals surface area (Å²) in [6.45, 7) is 7.65. The Morgan fingerprint density at radius 3 is 2.64 bits per heavy atom. The number of hydrogen-bond donors (Lipinski definition) is 2.